The number of hydrogen-bond acceptors (Lipinski definition) is 2. The second-order valence-electron chi connectivity index (χ2n) is 14.3. The lowest BCUT2D eigenvalue weighted by Gasteiger charge is -2.09. The molecule has 0 amide bonds. The molecule has 8 aromatic rings. The van der Waals surface area contributed by atoms with Crippen LogP contribution in [0.2, 0.25) is 0 Å². The Hall–Kier alpha value is -7.25. The predicted molar refractivity (Wildman–Crippen MR) is 222 cm³/mol. The number of hydrogen-bond donors (Lipinski definition) is 2. The van der Waals surface area contributed by atoms with Crippen LogP contribution in [0.15, 0.2) is 140 Å². The van der Waals surface area contributed by atoms with Crippen LogP contribution >= 0.6 is 0 Å². The molecule has 0 fully saturated rings. The maximum absolute atomic E-state index is 5.47. The van der Waals surface area contributed by atoms with E-state index in [-0.39, 0.29) is 0 Å². The van der Waals surface area contributed by atoms with Gasteiger partial charge < -0.3 is 9.97 Å². The van der Waals surface area contributed by atoms with E-state index < -0.39 is 0 Å². The second-order valence-corrected chi connectivity index (χ2v) is 14.3. The summed E-state index contributed by atoms with van der Waals surface area (Å²) in [6, 6.07) is 36.7. The van der Waals surface area contributed by atoms with E-state index in [0.29, 0.717) is 0 Å². The van der Waals surface area contributed by atoms with Gasteiger partial charge in [0.2, 0.25) is 0 Å². The number of aryl methyl sites for hydroxylation is 3. The number of benzene rings is 2. The summed E-state index contributed by atoms with van der Waals surface area (Å²) in [5.41, 5.74) is 15.9. The topological polar surface area (TPSA) is 69.0 Å². The number of pyridine rings is 3. The lowest BCUT2D eigenvalue weighted by atomic mass is 9.96. The molecule has 2 aliphatic rings. The molecule has 7 heteroatoms. The Morgan fingerprint density at radius 2 is 0.764 bits per heavy atom. The van der Waals surface area contributed by atoms with E-state index in [1.807, 2.05) is 21.1 Å². The van der Waals surface area contributed by atoms with Gasteiger partial charge in [0.25, 0.3) is 0 Å². The average Bonchev–Trinajstić information content (AvgIpc) is 4.05. The first-order chi connectivity index (χ1) is 27.0. The number of nitrogens with zero attached hydrogens (tertiary/aromatic N) is 5. The molecular weight excluding hydrogens is 675 g/mol. The van der Waals surface area contributed by atoms with Crippen LogP contribution in [-0.4, -0.2) is 19.9 Å². The third kappa shape index (κ3) is 5.74. The highest BCUT2D eigenvalue weighted by molar-refractivity contribution is 6.04. The molecule has 2 aliphatic heterocycles. The van der Waals surface area contributed by atoms with Crippen LogP contribution < -0.4 is 13.7 Å². The maximum Gasteiger partial charge on any atom is 0.169 e. The molecule has 0 unspecified atom stereocenters. The Morgan fingerprint density at radius 1 is 0.382 bits per heavy atom. The molecule has 0 saturated carbocycles. The Morgan fingerprint density at radius 3 is 1.24 bits per heavy atom. The highest BCUT2D eigenvalue weighted by Crippen LogP contribution is 2.39. The van der Waals surface area contributed by atoms with Gasteiger partial charge in [0.1, 0.15) is 21.1 Å². The monoisotopic (exact) mass is 712 g/mol. The van der Waals surface area contributed by atoms with Crippen LogP contribution in [0.25, 0.3) is 102 Å². The fourth-order valence-corrected chi connectivity index (χ4v) is 7.85. The average molecular weight is 713 g/mol. The SMILES string of the molecule is C[n+]1ccc(-c2c3nc(c(-c4cccc5ccccc45)c4nc(c(-c5cc[n+](C)cc5)c5ccc([nH]5)c(-c5cc[n+](C)cc5)c5ccc2[nH]5)C=C4)C=C3)cc1. The van der Waals surface area contributed by atoms with Gasteiger partial charge in [0.05, 0.1) is 22.8 Å². The van der Waals surface area contributed by atoms with Gasteiger partial charge in [-0.3, -0.25) is 0 Å². The summed E-state index contributed by atoms with van der Waals surface area (Å²) in [6.45, 7) is 0. The minimum atomic E-state index is 0.869. The van der Waals surface area contributed by atoms with Crippen molar-refractivity contribution in [2.24, 2.45) is 21.1 Å². The van der Waals surface area contributed by atoms with Crippen molar-refractivity contribution >= 4 is 57.1 Å². The number of H-pyrrole nitrogens is 2. The lowest BCUT2D eigenvalue weighted by Crippen LogP contribution is -2.25. The van der Waals surface area contributed by atoms with E-state index in [9.17, 15) is 0 Å². The minimum Gasteiger partial charge on any atom is -0.354 e. The minimum absolute atomic E-state index is 0.869. The molecule has 8 bridgehead atoms. The summed E-state index contributed by atoms with van der Waals surface area (Å²) in [5.74, 6) is 0. The summed E-state index contributed by atoms with van der Waals surface area (Å²) in [6.07, 6.45) is 21.1. The smallest absolute Gasteiger partial charge is 0.169 e. The fraction of sp³-hybridized carbons (Fsp3) is 0.0625. The van der Waals surface area contributed by atoms with Crippen molar-refractivity contribution in [1.82, 2.24) is 19.9 Å². The van der Waals surface area contributed by atoms with Gasteiger partial charge in [0, 0.05) is 80.7 Å². The zero-order chi connectivity index (χ0) is 37.0. The molecule has 10 rings (SSSR count). The highest BCUT2D eigenvalue weighted by Gasteiger charge is 2.21. The molecule has 55 heavy (non-hydrogen) atoms. The van der Waals surface area contributed by atoms with Crippen molar-refractivity contribution < 1.29 is 13.7 Å². The van der Waals surface area contributed by atoms with Crippen molar-refractivity contribution in [2.75, 3.05) is 0 Å². The summed E-state index contributed by atoms with van der Waals surface area (Å²) >= 11 is 0. The zero-order valence-electron chi connectivity index (χ0n) is 30.8. The van der Waals surface area contributed by atoms with E-state index >= 15 is 0 Å². The Balaban J connectivity index is 1.40. The van der Waals surface area contributed by atoms with Crippen LogP contribution in [0.5, 0.6) is 0 Å². The van der Waals surface area contributed by atoms with Gasteiger partial charge in [-0.2, -0.15) is 0 Å². The van der Waals surface area contributed by atoms with E-state index in [2.05, 4.69) is 188 Å². The van der Waals surface area contributed by atoms with Gasteiger partial charge >= 0.3 is 0 Å². The molecule has 262 valence electrons. The molecule has 7 nitrogen and oxygen atoms in total. The van der Waals surface area contributed by atoms with Gasteiger partial charge in [-0.25, -0.2) is 23.7 Å². The Bertz CT molecular complexity index is 2890. The van der Waals surface area contributed by atoms with Crippen LogP contribution in [0.4, 0.5) is 0 Å². The molecule has 2 aromatic carbocycles. The first-order valence-electron chi connectivity index (χ1n) is 18.5. The molecule has 0 radical (unpaired) electrons. The van der Waals surface area contributed by atoms with Crippen molar-refractivity contribution in [3.63, 3.8) is 0 Å². The quantitative estimate of drug-likeness (QED) is 0.179. The van der Waals surface area contributed by atoms with Gasteiger partial charge in [-0.1, -0.05) is 42.5 Å². The second kappa shape index (κ2) is 13.0. The predicted octanol–water partition coefficient (Wildman–Crippen LogP) is 8.95. The van der Waals surface area contributed by atoms with Crippen molar-refractivity contribution in [1.29, 1.82) is 0 Å². The van der Waals surface area contributed by atoms with Crippen molar-refractivity contribution in [2.45, 2.75) is 0 Å². The molecule has 0 aliphatic carbocycles. The number of aromatic nitrogens is 7. The van der Waals surface area contributed by atoms with E-state index in [4.69, 9.17) is 9.97 Å². The zero-order valence-corrected chi connectivity index (χ0v) is 30.8. The van der Waals surface area contributed by atoms with Crippen LogP contribution in [0.3, 0.4) is 0 Å². The Labute approximate surface area is 318 Å². The van der Waals surface area contributed by atoms with E-state index in [1.54, 1.807) is 0 Å². The van der Waals surface area contributed by atoms with Crippen molar-refractivity contribution in [3.05, 3.63) is 163 Å². The molecular formula is C48H38N7+3. The normalized spacial score (nSPS) is 12.1. The molecule has 2 N–H and O–H groups in total. The van der Waals surface area contributed by atoms with Crippen LogP contribution in [-0.2, 0) is 21.1 Å². The van der Waals surface area contributed by atoms with Gasteiger partial charge in [0.15, 0.2) is 37.2 Å². The van der Waals surface area contributed by atoms with Crippen LogP contribution in [0, 0.1) is 0 Å². The first-order valence-corrected chi connectivity index (χ1v) is 18.5. The molecule has 0 atom stereocenters. The van der Waals surface area contributed by atoms with Crippen LogP contribution in [0.1, 0.15) is 22.8 Å². The number of fused-ring (bicyclic) bond motifs is 9. The highest BCUT2D eigenvalue weighted by atomic mass is 14.9. The molecule has 8 heterocycles. The van der Waals surface area contributed by atoms with Crippen molar-refractivity contribution in [3.8, 4) is 44.5 Å². The summed E-state index contributed by atoms with van der Waals surface area (Å²) in [4.78, 5) is 18.7. The number of rotatable bonds is 4. The summed E-state index contributed by atoms with van der Waals surface area (Å²) in [7, 11) is 6.12. The van der Waals surface area contributed by atoms with Gasteiger partial charge in [-0.15, -0.1) is 0 Å². The Kier molecular flexibility index (Phi) is 7.66. The standard InChI is InChI=1S/C48H37N7/c1-53-25-19-32(20-26-53)45-37-11-13-39(49-37)46(33-21-27-54(2)28-22-33)41-15-17-43(51-41)48(36-10-6-8-31-7-4-5-9-35(31)36)44-18-16-42(52-44)47(40-14-12-38(45)50-40)34-23-29-55(3)30-24-34/h4-30H,1-3H3,(H,49,50,51,52)/q+2/p+1. The van der Waals surface area contributed by atoms with E-state index in [1.165, 1.54) is 5.39 Å². The fourth-order valence-electron chi connectivity index (χ4n) is 7.85. The first kappa shape index (κ1) is 32.4. The third-order valence-electron chi connectivity index (χ3n) is 10.6. The van der Waals surface area contributed by atoms with Gasteiger partial charge in [-0.05, 0) is 81.6 Å². The summed E-state index contributed by atoms with van der Waals surface area (Å²) < 4.78 is 6.17. The summed E-state index contributed by atoms with van der Waals surface area (Å²) in [5, 5.41) is 2.33. The lowest BCUT2D eigenvalue weighted by molar-refractivity contribution is -0.671. The number of aromatic amines is 2. The molecule has 6 aromatic heterocycles. The third-order valence-corrected chi connectivity index (χ3v) is 10.6. The molecule has 0 saturated heterocycles. The molecule has 0 spiro atoms. The van der Waals surface area contributed by atoms with E-state index in [0.717, 1.165) is 94.7 Å². The number of nitrogens with one attached hydrogen (secondary N) is 2. The maximum atomic E-state index is 5.47. The largest absolute Gasteiger partial charge is 0.354 e.